The van der Waals surface area contributed by atoms with Gasteiger partial charge in [0.1, 0.15) is 5.82 Å². The summed E-state index contributed by atoms with van der Waals surface area (Å²) in [7, 11) is 0. The van der Waals surface area contributed by atoms with Crippen LogP contribution in [0.5, 0.6) is 0 Å². The highest BCUT2D eigenvalue weighted by molar-refractivity contribution is 5.33. The summed E-state index contributed by atoms with van der Waals surface area (Å²) >= 11 is 0. The number of hydrogen-bond acceptors (Lipinski definition) is 2. The average molecular weight is 193 g/mol. The highest BCUT2D eigenvalue weighted by atomic mass is 19.1. The first-order valence-electron chi connectivity index (χ1n) is 4.43. The van der Waals surface area contributed by atoms with Gasteiger partial charge >= 0.3 is 0 Å². The standard InChI is InChI=1S/C11H12FNO/c1-8(2)14-7-10-3-9(6-13)4-11(12)5-10/h3-5,8H,7H2,1-2H3. The molecule has 0 unspecified atom stereocenters. The van der Waals surface area contributed by atoms with Crippen LogP contribution in [-0.2, 0) is 11.3 Å². The molecule has 0 fully saturated rings. The van der Waals surface area contributed by atoms with E-state index in [9.17, 15) is 4.39 Å². The summed E-state index contributed by atoms with van der Waals surface area (Å²) in [6.45, 7) is 4.15. The first-order chi connectivity index (χ1) is 6.61. The van der Waals surface area contributed by atoms with E-state index in [1.54, 1.807) is 6.07 Å². The second kappa shape index (κ2) is 4.73. The quantitative estimate of drug-likeness (QED) is 0.739. The van der Waals surface area contributed by atoms with Gasteiger partial charge in [0.2, 0.25) is 0 Å². The molecule has 0 saturated carbocycles. The zero-order valence-corrected chi connectivity index (χ0v) is 8.25. The summed E-state index contributed by atoms with van der Waals surface area (Å²) < 4.78 is 18.2. The molecular formula is C11H12FNO. The molecule has 1 rings (SSSR count). The molecule has 74 valence electrons. The Labute approximate surface area is 82.9 Å². The molecule has 2 nitrogen and oxygen atoms in total. The lowest BCUT2D eigenvalue weighted by molar-refractivity contribution is 0.0655. The van der Waals surface area contributed by atoms with Gasteiger partial charge in [0, 0.05) is 0 Å². The van der Waals surface area contributed by atoms with E-state index in [4.69, 9.17) is 10.00 Å². The topological polar surface area (TPSA) is 33.0 Å². The molecule has 1 aromatic rings. The summed E-state index contributed by atoms with van der Waals surface area (Å²) in [5, 5.41) is 8.61. The molecule has 3 heteroatoms. The van der Waals surface area contributed by atoms with Gasteiger partial charge in [-0.15, -0.1) is 0 Å². The molecular weight excluding hydrogens is 181 g/mol. The lowest BCUT2D eigenvalue weighted by Crippen LogP contribution is -2.02. The van der Waals surface area contributed by atoms with Crippen LogP contribution >= 0.6 is 0 Å². The van der Waals surface area contributed by atoms with Gasteiger partial charge in [0.05, 0.1) is 24.3 Å². The third kappa shape index (κ3) is 3.15. The van der Waals surface area contributed by atoms with Gasteiger partial charge in [0.25, 0.3) is 0 Å². The van der Waals surface area contributed by atoms with Crippen molar-refractivity contribution in [3.8, 4) is 6.07 Å². The predicted molar refractivity (Wildman–Crippen MR) is 51.0 cm³/mol. The fourth-order valence-electron chi connectivity index (χ4n) is 1.06. The molecule has 1 aromatic carbocycles. The first-order valence-corrected chi connectivity index (χ1v) is 4.43. The fraction of sp³-hybridized carbons (Fsp3) is 0.364. The van der Waals surface area contributed by atoms with Crippen LogP contribution in [0.2, 0.25) is 0 Å². The Balaban J connectivity index is 2.78. The van der Waals surface area contributed by atoms with Crippen LogP contribution in [-0.4, -0.2) is 6.10 Å². The van der Waals surface area contributed by atoms with Gasteiger partial charge in [-0.25, -0.2) is 4.39 Å². The lowest BCUT2D eigenvalue weighted by atomic mass is 10.1. The van der Waals surface area contributed by atoms with Crippen molar-refractivity contribution in [2.45, 2.75) is 26.6 Å². The lowest BCUT2D eigenvalue weighted by Gasteiger charge is -2.07. The van der Waals surface area contributed by atoms with Gasteiger partial charge < -0.3 is 4.74 Å². The fourth-order valence-corrected chi connectivity index (χ4v) is 1.06. The van der Waals surface area contributed by atoms with E-state index < -0.39 is 5.82 Å². The maximum Gasteiger partial charge on any atom is 0.124 e. The number of nitriles is 1. The average Bonchev–Trinajstić information content (AvgIpc) is 2.14. The van der Waals surface area contributed by atoms with Gasteiger partial charge in [-0.3, -0.25) is 0 Å². The van der Waals surface area contributed by atoms with Crippen molar-refractivity contribution >= 4 is 0 Å². The van der Waals surface area contributed by atoms with Gasteiger partial charge in [-0.1, -0.05) is 0 Å². The van der Waals surface area contributed by atoms with Crippen LogP contribution in [0, 0.1) is 17.1 Å². The molecule has 0 atom stereocenters. The molecule has 0 aliphatic carbocycles. The molecule has 14 heavy (non-hydrogen) atoms. The summed E-state index contributed by atoms with van der Waals surface area (Å²) in [5.74, 6) is -0.397. The highest BCUT2D eigenvalue weighted by Gasteiger charge is 2.01. The van der Waals surface area contributed by atoms with Gasteiger partial charge in [-0.05, 0) is 37.6 Å². The van der Waals surface area contributed by atoms with Crippen molar-refractivity contribution < 1.29 is 9.13 Å². The van der Waals surface area contributed by atoms with E-state index in [0.717, 1.165) is 0 Å². The van der Waals surface area contributed by atoms with Crippen LogP contribution in [0.1, 0.15) is 25.0 Å². The van der Waals surface area contributed by atoms with E-state index in [2.05, 4.69) is 0 Å². The van der Waals surface area contributed by atoms with Crippen molar-refractivity contribution in [3.05, 3.63) is 35.1 Å². The second-order valence-corrected chi connectivity index (χ2v) is 3.32. The van der Waals surface area contributed by atoms with E-state index in [-0.39, 0.29) is 6.10 Å². The minimum atomic E-state index is -0.397. The smallest absolute Gasteiger partial charge is 0.124 e. The zero-order valence-electron chi connectivity index (χ0n) is 8.25. The summed E-state index contributed by atoms with van der Waals surface area (Å²) in [5.41, 5.74) is 1.02. The van der Waals surface area contributed by atoms with Crippen LogP contribution in [0.3, 0.4) is 0 Å². The number of nitrogens with zero attached hydrogens (tertiary/aromatic N) is 1. The van der Waals surface area contributed by atoms with Gasteiger partial charge in [0.15, 0.2) is 0 Å². The first kappa shape index (κ1) is 10.7. The van der Waals surface area contributed by atoms with Crippen LogP contribution in [0.4, 0.5) is 4.39 Å². The molecule has 0 aromatic heterocycles. The van der Waals surface area contributed by atoms with Crippen molar-refractivity contribution in [1.82, 2.24) is 0 Å². The zero-order chi connectivity index (χ0) is 10.6. The number of ether oxygens (including phenoxy) is 1. The molecule has 0 saturated heterocycles. The second-order valence-electron chi connectivity index (χ2n) is 3.32. The molecule has 0 aliphatic heterocycles. The molecule has 0 radical (unpaired) electrons. The largest absolute Gasteiger partial charge is 0.374 e. The Morgan fingerprint density at radius 2 is 2.14 bits per heavy atom. The third-order valence-corrected chi connectivity index (χ3v) is 1.67. The third-order valence-electron chi connectivity index (χ3n) is 1.67. The minimum absolute atomic E-state index is 0.101. The van der Waals surface area contributed by atoms with Gasteiger partial charge in [-0.2, -0.15) is 5.26 Å². The van der Waals surface area contributed by atoms with E-state index in [0.29, 0.717) is 17.7 Å². The molecule has 0 aliphatic rings. The number of rotatable bonds is 3. The highest BCUT2D eigenvalue weighted by Crippen LogP contribution is 2.10. The van der Waals surface area contributed by atoms with Crippen LogP contribution < -0.4 is 0 Å². The Morgan fingerprint density at radius 1 is 1.43 bits per heavy atom. The van der Waals surface area contributed by atoms with Crippen molar-refractivity contribution in [2.24, 2.45) is 0 Å². The maximum absolute atomic E-state index is 12.9. The molecule has 0 bridgehead atoms. The number of halogens is 1. The summed E-state index contributed by atoms with van der Waals surface area (Å²) in [6.07, 6.45) is 0.101. The van der Waals surface area contributed by atoms with Crippen LogP contribution in [0.15, 0.2) is 18.2 Å². The van der Waals surface area contributed by atoms with Crippen molar-refractivity contribution in [1.29, 1.82) is 5.26 Å². The normalized spacial score (nSPS) is 10.2. The Kier molecular flexibility index (Phi) is 3.61. The Morgan fingerprint density at radius 3 is 2.71 bits per heavy atom. The predicted octanol–water partition coefficient (Wildman–Crippen LogP) is 2.62. The number of hydrogen-bond donors (Lipinski definition) is 0. The van der Waals surface area contributed by atoms with Crippen molar-refractivity contribution in [2.75, 3.05) is 0 Å². The van der Waals surface area contributed by atoms with Crippen LogP contribution in [0.25, 0.3) is 0 Å². The van der Waals surface area contributed by atoms with E-state index in [1.165, 1.54) is 12.1 Å². The number of benzene rings is 1. The maximum atomic E-state index is 12.9. The monoisotopic (exact) mass is 193 g/mol. The molecule has 0 amide bonds. The molecule has 0 spiro atoms. The Hall–Kier alpha value is -1.40. The summed E-state index contributed by atoms with van der Waals surface area (Å²) in [4.78, 5) is 0. The molecule has 0 heterocycles. The van der Waals surface area contributed by atoms with E-state index >= 15 is 0 Å². The SMILES string of the molecule is CC(C)OCc1cc(F)cc(C#N)c1. The molecule has 0 N–H and O–H groups in total. The summed E-state index contributed by atoms with van der Waals surface area (Å²) in [6, 6.07) is 6.12. The Bertz CT molecular complexity index is 355. The van der Waals surface area contributed by atoms with E-state index in [1.807, 2.05) is 19.9 Å². The minimum Gasteiger partial charge on any atom is -0.374 e. The van der Waals surface area contributed by atoms with Crippen molar-refractivity contribution in [3.63, 3.8) is 0 Å².